The Hall–Kier alpha value is -2.55. The fraction of sp³-hybridized carbons (Fsp3) is 0.400. The minimum Gasteiger partial charge on any atom is -0.481 e. The molecular weight excluding hydrogens is 272 g/mol. The second kappa shape index (κ2) is 7.90. The van der Waals surface area contributed by atoms with Gasteiger partial charge in [-0.25, -0.2) is 0 Å². The maximum atomic E-state index is 12.2. The van der Waals surface area contributed by atoms with Gasteiger partial charge in [-0.15, -0.1) is 0 Å². The molecule has 0 bridgehead atoms. The van der Waals surface area contributed by atoms with Gasteiger partial charge in [0.1, 0.15) is 11.8 Å². The number of carboxylic acids is 1. The van der Waals surface area contributed by atoms with Crippen LogP contribution in [0.1, 0.15) is 25.8 Å². The number of para-hydroxylation sites is 1. The third-order valence-corrected chi connectivity index (χ3v) is 2.95. The predicted octanol–water partition coefficient (Wildman–Crippen LogP) is 1.65. The number of carbonyl (C=O) groups is 2. The van der Waals surface area contributed by atoms with Crippen molar-refractivity contribution >= 4 is 11.9 Å². The van der Waals surface area contributed by atoms with E-state index in [9.17, 15) is 9.59 Å². The van der Waals surface area contributed by atoms with E-state index in [0.29, 0.717) is 17.9 Å². The average molecular weight is 290 g/mol. The lowest BCUT2D eigenvalue weighted by atomic mass is 10.2. The molecule has 0 aromatic heterocycles. The molecule has 1 aromatic carbocycles. The molecule has 0 aliphatic heterocycles. The summed E-state index contributed by atoms with van der Waals surface area (Å²) >= 11 is 0. The molecule has 0 spiro atoms. The van der Waals surface area contributed by atoms with Gasteiger partial charge < -0.3 is 14.7 Å². The number of carbonyl (C=O) groups excluding carboxylic acids is 1. The molecule has 1 aromatic rings. The zero-order chi connectivity index (χ0) is 15.8. The topological polar surface area (TPSA) is 90.6 Å². The van der Waals surface area contributed by atoms with Crippen molar-refractivity contribution in [3.63, 3.8) is 0 Å². The number of rotatable bonds is 7. The molecule has 6 nitrogen and oxygen atoms in total. The number of carboxylic acid groups (broad SMARTS) is 1. The van der Waals surface area contributed by atoms with E-state index in [4.69, 9.17) is 15.1 Å². The van der Waals surface area contributed by atoms with E-state index in [1.807, 2.05) is 6.07 Å². The Labute approximate surface area is 123 Å². The maximum Gasteiger partial charge on any atom is 0.305 e. The normalized spacial score (nSPS) is 11.3. The zero-order valence-corrected chi connectivity index (χ0v) is 12.1. The van der Waals surface area contributed by atoms with Crippen molar-refractivity contribution in [2.75, 3.05) is 13.1 Å². The first kappa shape index (κ1) is 16.5. The average Bonchev–Trinajstić information content (AvgIpc) is 2.47. The standard InChI is InChI=1S/C15H18N2O4/c1-3-17(9-8-14(18)19)15(20)11(2)21-13-7-5-4-6-12(13)10-16/h4-7,11H,3,8-9H2,1-2H3,(H,18,19). The zero-order valence-electron chi connectivity index (χ0n) is 12.1. The Morgan fingerprint density at radius 1 is 1.43 bits per heavy atom. The highest BCUT2D eigenvalue weighted by Crippen LogP contribution is 2.18. The summed E-state index contributed by atoms with van der Waals surface area (Å²) in [7, 11) is 0. The van der Waals surface area contributed by atoms with Gasteiger partial charge >= 0.3 is 5.97 Å². The van der Waals surface area contributed by atoms with Crippen LogP contribution in [-0.2, 0) is 9.59 Å². The number of aliphatic carboxylic acids is 1. The lowest BCUT2D eigenvalue weighted by Crippen LogP contribution is -2.41. The summed E-state index contributed by atoms with van der Waals surface area (Å²) in [6.45, 7) is 3.90. The van der Waals surface area contributed by atoms with Gasteiger partial charge in [0.25, 0.3) is 5.91 Å². The first-order valence-electron chi connectivity index (χ1n) is 6.66. The Morgan fingerprint density at radius 2 is 2.10 bits per heavy atom. The van der Waals surface area contributed by atoms with E-state index in [1.54, 1.807) is 38.1 Å². The van der Waals surface area contributed by atoms with Crippen molar-refractivity contribution in [3.8, 4) is 11.8 Å². The quantitative estimate of drug-likeness (QED) is 0.824. The molecule has 0 fully saturated rings. The third kappa shape index (κ3) is 4.80. The summed E-state index contributed by atoms with van der Waals surface area (Å²) in [6.07, 6.45) is -0.894. The molecular formula is C15H18N2O4. The van der Waals surface area contributed by atoms with Crippen molar-refractivity contribution in [1.29, 1.82) is 5.26 Å². The molecule has 1 N–H and O–H groups in total. The van der Waals surface area contributed by atoms with Crippen LogP contribution in [0.4, 0.5) is 0 Å². The van der Waals surface area contributed by atoms with Gasteiger partial charge in [0.15, 0.2) is 6.10 Å². The van der Waals surface area contributed by atoms with Gasteiger partial charge in [0.05, 0.1) is 12.0 Å². The van der Waals surface area contributed by atoms with E-state index >= 15 is 0 Å². The highest BCUT2D eigenvalue weighted by atomic mass is 16.5. The highest BCUT2D eigenvalue weighted by Gasteiger charge is 2.22. The summed E-state index contributed by atoms with van der Waals surface area (Å²) in [5.74, 6) is -0.911. The van der Waals surface area contributed by atoms with Crippen LogP contribution in [0.2, 0.25) is 0 Å². The van der Waals surface area contributed by atoms with Gasteiger partial charge in [-0.3, -0.25) is 9.59 Å². The Balaban J connectivity index is 2.73. The molecule has 0 saturated carbocycles. The van der Waals surface area contributed by atoms with Crippen molar-refractivity contribution in [2.24, 2.45) is 0 Å². The summed E-state index contributed by atoms with van der Waals surface area (Å²) in [5, 5.41) is 17.7. The van der Waals surface area contributed by atoms with Crippen LogP contribution in [0, 0.1) is 11.3 Å². The van der Waals surface area contributed by atoms with Crippen LogP contribution < -0.4 is 4.74 Å². The smallest absolute Gasteiger partial charge is 0.305 e. The number of hydrogen-bond acceptors (Lipinski definition) is 4. The van der Waals surface area contributed by atoms with Gasteiger partial charge in [-0.05, 0) is 26.0 Å². The number of nitrogens with zero attached hydrogens (tertiary/aromatic N) is 2. The Morgan fingerprint density at radius 3 is 2.67 bits per heavy atom. The number of hydrogen-bond donors (Lipinski definition) is 1. The largest absolute Gasteiger partial charge is 0.481 e. The van der Waals surface area contributed by atoms with Crippen LogP contribution in [0.15, 0.2) is 24.3 Å². The minimum absolute atomic E-state index is 0.110. The van der Waals surface area contributed by atoms with Crippen molar-refractivity contribution in [1.82, 2.24) is 4.90 Å². The number of likely N-dealkylation sites (N-methyl/N-ethyl adjacent to an activating group) is 1. The van der Waals surface area contributed by atoms with Crippen LogP contribution in [0.3, 0.4) is 0 Å². The molecule has 1 rings (SSSR count). The molecule has 0 saturated heterocycles. The number of ether oxygens (including phenoxy) is 1. The van der Waals surface area contributed by atoms with Crippen LogP contribution in [0.5, 0.6) is 5.75 Å². The van der Waals surface area contributed by atoms with Gasteiger partial charge in [0.2, 0.25) is 0 Å². The van der Waals surface area contributed by atoms with E-state index in [1.165, 1.54) is 4.90 Å². The molecule has 6 heteroatoms. The second-order valence-electron chi connectivity index (χ2n) is 4.43. The second-order valence-corrected chi connectivity index (χ2v) is 4.43. The number of amides is 1. The van der Waals surface area contributed by atoms with Crippen molar-refractivity contribution in [2.45, 2.75) is 26.4 Å². The predicted molar refractivity (Wildman–Crippen MR) is 75.8 cm³/mol. The van der Waals surface area contributed by atoms with Gasteiger partial charge in [-0.1, -0.05) is 12.1 Å². The molecule has 0 aliphatic rings. The molecule has 21 heavy (non-hydrogen) atoms. The molecule has 0 aliphatic carbocycles. The fourth-order valence-electron chi connectivity index (χ4n) is 1.81. The molecule has 1 atom stereocenters. The van der Waals surface area contributed by atoms with E-state index in [0.717, 1.165) is 0 Å². The maximum absolute atomic E-state index is 12.2. The lowest BCUT2D eigenvalue weighted by molar-refractivity contribution is -0.140. The lowest BCUT2D eigenvalue weighted by Gasteiger charge is -2.24. The first-order chi connectivity index (χ1) is 9.99. The van der Waals surface area contributed by atoms with Crippen LogP contribution >= 0.6 is 0 Å². The molecule has 112 valence electrons. The fourth-order valence-corrected chi connectivity index (χ4v) is 1.81. The summed E-state index contributed by atoms with van der Waals surface area (Å²) < 4.78 is 5.53. The SMILES string of the molecule is CCN(CCC(=O)O)C(=O)C(C)Oc1ccccc1C#N. The van der Waals surface area contributed by atoms with Crippen LogP contribution in [-0.4, -0.2) is 41.1 Å². The van der Waals surface area contributed by atoms with E-state index in [2.05, 4.69) is 0 Å². The summed E-state index contributed by atoms with van der Waals surface area (Å²) in [4.78, 5) is 24.2. The third-order valence-electron chi connectivity index (χ3n) is 2.95. The van der Waals surface area contributed by atoms with E-state index in [-0.39, 0.29) is 18.9 Å². The molecule has 0 heterocycles. The highest BCUT2D eigenvalue weighted by molar-refractivity contribution is 5.81. The first-order valence-corrected chi connectivity index (χ1v) is 6.66. The van der Waals surface area contributed by atoms with Crippen LogP contribution in [0.25, 0.3) is 0 Å². The van der Waals surface area contributed by atoms with Crippen molar-refractivity contribution in [3.05, 3.63) is 29.8 Å². The van der Waals surface area contributed by atoms with Gasteiger partial charge in [-0.2, -0.15) is 5.26 Å². The Bertz CT molecular complexity index is 551. The van der Waals surface area contributed by atoms with E-state index < -0.39 is 12.1 Å². The van der Waals surface area contributed by atoms with Crippen molar-refractivity contribution < 1.29 is 19.4 Å². The molecule has 1 amide bonds. The monoisotopic (exact) mass is 290 g/mol. The minimum atomic E-state index is -0.954. The molecule has 0 radical (unpaired) electrons. The molecule has 1 unspecified atom stereocenters. The number of benzene rings is 1. The summed E-state index contributed by atoms with van der Waals surface area (Å²) in [6, 6.07) is 8.65. The Kier molecular flexibility index (Phi) is 6.21. The number of nitriles is 1. The van der Waals surface area contributed by atoms with Gasteiger partial charge in [0, 0.05) is 13.1 Å². The summed E-state index contributed by atoms with van der Waals surface area (Å²) in [5.41, 5.74) is 0.353.